The van der Waals surface area contributed by atoms with Gasteiger partial charge in [-0.15, -0.1) is 5.10 Å². The van der Waals surface area contributed by atoms with Crippen molar-refractivity contribution in [3.63, 3.8) is 0 Å². The number of aliphatic carboxylic acids is 1. The molecule has 0 bridgehead atoms. The van der Waals surface area contributed by atoms with Crippen LogP contribution in [0.1, 0.15) is 45.8 Å². The molecule has 210 valence electrons. The van der Waals surface area contributed by atoms with E-state index in [4.69, 9.17) is 4.74 Å². The highest BCUT2D eigenvalue weighted by Gasteiger charge is 2.44. The lowest BCUT2D eigenvalue weighted by molar-refractivity contribution is -0.198. The molecular weight excluding hydrogens is 527 g/mol. The number of aromatic hydroxyl groups is 1. The van der Waals surface area contributed by atoms with Crippen molar-refractivity contribution in [3.05, 3.63) is 76.0 Å². The topological polar surface area (TPSA) is 114 Å². The Hall–Kier alpha value is -4.19. The third kappa shape index (κ3) is 5.44. The third-order valence-corrected chi connectivity index (χ3v) is 7.35. The summed E-state index contributed by atoms with van der Waals surface area (Å²) in [5, 5.41) is 27.9. The second-order valence-corrected chi connectivity index (χ2v) is 10.1. The number of benzene rings is 2. The predicted molar refractivity (Wildman–Crippen MR) is 139 cm³/mol. The average Bonchev–Trinajstić information content (AvgIpc) is 3.15. The van der Waals surface area contributed by atoms with Crippen LogP contribution < -0.4 is 4.74 Å². The van der Waals surface area contributed by atoms with Crippen LogP contribution in [0.4, 0.5) is 13.2 Å². The van der Waals surface area contributed by atoms with Crippen LogP contribution in [0.2, 0.25) is 0 Å². The van der Waals surface area contributed by atoms with Crippen LogP contribution in [0.15, 0.2) is 42.5 Å². The van der Waals surface area contributed by atoms with Crippen LogP contribution >= 0.6 is 0 Å². The lowest BCUT2D eigenvalue weighted by Crippen LogP contribution is -2.42. The molecule has 0 saturated heterocycles. The number of aromatic nitrogens is 4. The maximum atomic E-state index is 13.8. The molecule has 4 aromatic rings. The molecule has 0 unspecified atom stereocenters. The van der Waals surface area contributed by atoms with Gasteiger partial charge in [-0.2, -0.15) is 13.2 Å². The van der Waals surface area contributed by atoms with Gasteiger partial charge in [0.25, 0.3) is 0 Å². The fourth-order valence-corrected chi connectivity index (χ4v) is 5.22. The van der Waals surface area contributed by atoms with Gasteiger partial charge in [-0.25, -0.2) is 9.67 Å². The Morgan fingerprint density at radius 3 is 2.67 bits per heavy atom. The number of fused-ring (bicyclic) bond motifs is 2. The molecule has 0 aliphatic carbocycles. The summed E-state index contributed by atoms with van der Waals surface area (Å²) in [5.41, 5.74) is 5.63. The van der Waals surface area contributed by atoms with Gasteiger partial charge in [0.05, 0.1) is 11.9 Å². The lowest BCUT2D eigenvalue weighted by Gasteiger charge is -2.26. The smallest absolute Gasteiger partial charge is 0.426 e. The molecule has 1 aliphatic heterocycles. The van der Waals surface area contributed by atoms with Gasteiger partial charge < -0.3 is 14.9 Å². The van der Waals surface area contributed by atoms with Crippen LogP contribution in [-0.4, -0.2) is 59.9 Å². The van der Waals surface area contributed by atoms with Crippen LogP contribution in [0, 0.1) is 13.8 Å². The summed E-state index contributed by atoms with van der Waals surface area (Å²) in [6.45, 7) is 3.46. The van der Waals surface area contributed by atoms with E-state index in [1.165, 1.54) is 12.1 Å². The van der Waals surface area contributed by atoms with Gasteiger partial charge >= 0.3 is 12.1 Å². The standard InChI is InChI=1S/C28H28F3N5O4/c1-15-4-5-17(20(11-26(38)39)19-6-7-22-27(16(19)2)33-34-35(22)3)10-18(15)12-36-13-21-23(8-9-25(37)32-21)40-24(14-36)28(29,30)31/h4-10,20,24H,11-14H2,1-3H3,(H,32,37)(H,38,39)/t20-,24-/m0/s1. The molecule has 0 radical (unpaired) electrons. The Morgan fingerprint density at radius 1 is 1.18 bits per heavy atom. The third-order valence-electron chi connectivity index (χ3n) is 7.35. The predicted octanol–water partition coefficient (Wildman–Crippen LogP) is 4.62. The van der Waals surface area contributed by atoms with Crippen LogP contribution in [0.25, 0.3) is 11.0 Å². The van der Waals surface area contributed by atoms with Crippen LogP contribution in [0.3, 0.4) is 0 Å². The van der Waals surface area contributed by atoms with E-state index in [9.17, 15) is 28.2 Å². The maximum Gasteiger partial charge on any atom is 0.426 e. The summed E-state index contributed by atoms with van der Waals surface area (Å²) in [6, 6.07) is 11.8. The number of alkyl halides is 3. The van der Waals surface area contributed by atoms with Crippen LogP contribution in [-0.2, 0) is 24.9 Å². The molecule has 9 nitrogen and oxygen atoms in total. The quantitative estimate of drug-likeness (QED) is 0.355. The van der Waals surface area contributed by atoms with E-state index in [2.05, 4.69) is 15.3 Å². The van der Waals surface area contributed by atoms with Gasteiger partial charge in [-0.05, 0) is 53.8 Å². The molecule has 12 heteroatoms. The average molecular weight is 556 g/mol. The van der Waals surface area contributed by atoms with Gasteiger partial charge in [0.15, 0.2) is 0 Å². The number of hydrogen-bond donors (Lipinski definition) is 2. The SMILES string of the molecule is Cc1ccc([C@H](CC(=O)O)c2ccc3c(nnn3C)c2C)cc1CN1Cc2nc(O)ccc2O[C@H](C(F)(F)F)C1. The number of hydrogen-bond acceptors (Lipinski definition) is 7. The molecule has 2 aromatic heterocycles. The summed E-state index contributed by atoms with van der Waals surface area (Å²) in [5.74, 6) is -1.83. The van der Waals surface area contributed by atoms with Crippen molar-refractivity contribution in [2.75, 3.05) is 6.54 Å². The minimum Gasteiger partial charge on any atom is -0.493 e. The first-order valence-electron chi connectivity index (χ1n) is 12.7. The Bertz CT molecular complexity index is 1590. The number of rotatable bonds is 6. The molecule has 0 saturated carbocycles. The highest BCUT2D eigenvalue weighted by molar-refractivity contribution is 5.80. The molecule has 0 amide bonds. The zero-order chi connectivity index (χ0) is 28.8. The number of pyridine rings is 1. The number of carboxylic acids is 1. The number of carbonyl (C=O) groups is 1. The van der Waals surface area contributed by atoms with Crippen molar-refractivity contribution >= 4 is 17.0 Å². The Kier molecular flexibility index (Phi) is 7.13. The summed E-state index contributed by atoms with van der Waals surface area (Å²) >= 11 is 0. The molecule has 0 fully saturated rings. The van der Waals surface area contributed by atoms with Crippen molar-refractivity contribution in [2.45, 2.75) is 51.6 Å². The first kappa shape index (κ1) is 27.4. The molecular formula is C28H28F3N5O4. The van der Waals surface area contributed by atoms with Gasteiger partial charge in [0.1, 0.15) is 17.0 Å². The molecule has 5 rings (SSSR count). The van der Waals surface area contributed by atoms with E-state index in [0.29, 0.717) is 5.52 Å². The molecule has 2 N–H and O–H groups in total. The van der Waals surface area contributed by atoms with Crippen molar-refractivity contribution < 1.29 is 32.9 Å². The minimum absolute atomic E-state index is 0.0236. The Morgan fingerprint density at radius 2 is 1.95 bits per heavy atom. The van der Waals surface area contributed by atoms with Crippen molar-refractivity contribution in [2.24, 2.45) is 7.05 Å². The molecule has 3 heterocycles. The van der Waals surface area contributed by atoms with Crippen LogP contribution in [0.5, 0.6) is 11.6 Å². The first-order valence-corrected chi connectivity index (χ1v) is 12.7. The molecule has 0 spiro atoms. The summed E-state index contributed by atoms with van der Waals surface area (Å²) in [6.07, 6.45) is -6.87. The van der Waals surface area contributed by atoms with E-state index >= 15 is 0 Å². The number of nitrogens with zero attached hydrogens (tertiary/aromatic N) is 5. The normalized spacial score (nSPS) is 16.8. The molecule has 2 atom stereocenters. The fraction of sp³-hybridized carbons (Fsp3) is 0.357. The molecule has 1 aliphatic rings. The van der Waals surface area contributed by atoms with E-state index in [0.717, 1.165) is 33.3 Å². The molecule has 40 heavy (non-hydrogen) atoms. The van der Waals surface area contributed by atoms with E-state index in [1.54, 1.807) is 16.6 Å². The largest absolute Gasteiger partial charge is 0.493 e. The number of halogens is 3. The number of ether oxygens (including phenoxy) is 1. The highest BCUT2D eigenvalue weighted by Crippen LogP contribution is 2.36. The van der Waals surface area contributed by atoms with E-state index in [-0.39, 0.29) is 36.8 Å². The highest BCUT2D eigenvalue weighted by atomic mass is 19.4. The lowest BCUT2D eigenvalue weighted by atomic mass is 9.84. The summed E-state index contributed by atoms with van der Waals surface area (Å²) in [4.78, 5) is 17.5. The van der Waals surface area contributed by atoms with E-state index < -0.39 is 30.7 Å². The van der Waals surface area contributed by atoms with E-state index in [1.807, 2.05) is 44.2 Å². The second kappa shape index (κ2) is 10.4. The monoisotopic (exact) mass is 555 g/mol. The zero-order valence-corrected chi connectivity index (χ0v) is 22.1. The number of aryl methyl sites for hydroxylation is 3. The van der Waals surface area contributed by atoms with Gasteiger partial charge in [-0.3, -0.25) is 9.69 Å². The number of carboxylic acid groups (broad SMARTS) is 1. The van der Waals surface area contributed by atoms with Gasteiger partial charge in [0.2, 0.25) is 12.0 Å². The summed E-state index contributed by atoms with van der Waals surface area (Å²) < 4.78 is 48.4. The van der Waals surface area contributed by atoms with Crippen molar-refractivity contribution in [1.82, 2.24) is 24.9 Å². The van der Waals surface area contributed by atoms with Crippen molar-refractivity contribution in [3.8, 4) is 11.6 Å². The Balaban J connectivity index is 1.51. The zero-order valence-electron chi connectivity index (χ0n) is 22.1. The molecule has 2 aromatic carbocycles. The first-order chi connectivity index (χ1) is 18.9. The second-order valence-electron chi connectivity index (χ2n) is 10.1. The fourth-order valence-electron chi connectivity index (χ4n) is 5.22. The summed E-state index contributed by atoms with van der Waals surface area (Å²) in [7, 11) is 1.78. The maximum absolute atomic E-state index is 13.8. The van der Waals surface area contributed by atoms with Gasteiger partial charge in [0, 0.05) is 38.7 Å². The van der Waals surface area contributed by atoms with Crippen molar-refractivity contribution in [1.29, 1.82) is 0 Å². The Labute approximate surface area is 227 Å². The minimum atomic E-state index is -4.61. The van der Waals surface area contributed by atoms with Gasteiger partial charge in [-0.1, -0.05) is 29.5 Å².